The second-order valence-corrected chi connectivity index (χ2v) is 14.4. The molecule has 1 N–H and O–H groups in total. The summed E-state index contributed by atoms with van der Waals surface area (Å²) in [4.78, 5) is 13.9. The van der Waals surface area contributed by atoms with Crippen molar-refractivity contribution in [2.24, 2.45) is 0 Å². The average molecular weight is 435 g/mol. The monoisotopic (exact) mass is 434 g/mol. The topological polar surface area (TPSA) is 135 Å². The van der Waals surface area contributed by atoms with Gasteiger partial charge in [0.15, 0.2) is 8.32 Å². The Balaban J connectivity index is 1.69. The van der Waals surface area contributed by atoms with E-state index in [9.17, 15) is 13.2 Å². The minimum atomic E-state index is -4.78. The van der Waals surface area contributed by atoms with Crippen LogP contribution in [0.1, 0.15) is 51.4 Å². The van der Waals surface area contributed by atoms with Gasteiger partial charge >= 0.3 is 16.4 Å². The first-order valence-corrected chi connectivity index (χ1v) is 13.3. The molecule has 2 aliphatic rings. The molecule has 0 aromatic carbocycles. The minimum absolute atomic E-state index is 0.0483. The Hall–Kier alpha value is -1.54. The third kappa shape index (κ3) is 4.22. The van der Waals surface area contributed by atoms with E-state index in [-0.39, 0.29) is 24.1 Å². The first kappa shape index (κ1) is 21.2. The first-order chi connectivity index (χ1) is 12.8. The lowest BCUT2D eigenvalue weighted by Gasteiger charge is -2.35. The lowest BCUT2D eigenvalue weighted by atomic mass is 10.0. The van der Waals surface area contributed by atoms with Gasteiger partial charge in [0.2, 0.25) is 11.8 Å². The Kier molecular flexibility index (Phi) is 5.33. The number of hydrogen-bond acceptors (Lipinski definition) is 8. The van der Waals surface area contributed by atoms with Crippen LogP contribution >= 0.6 is 0 Å². The fourth-order valence-electron chi connectivity index (χ4n) is 3.01. The highest BCUT2D eigenvalue weighted by Gasteiger charge is 2.49. The third-order valence-corrected chi connectivity index (χ3v) is 10.5. The van der Waals surface area contributed by atoms with Gasteiger partial charge in [0.05, 0.1) is 6.04 Å². The van der Waals surface area contributed by atoms with Crippen molar-refractivity contribution in [3.63, 3.8) is 0 Å². The Bertz CT molecular complexity index is 851. The highest BCUT2D eigenvalue weighted by molar-refractivity contribution is 7.80. The van der Waals surface area contributed by atoms with E-state index in [4.69, 9.17) is 13.4 Å². The lowest BCUT2D eigenvalue weighted by molar-refractivity contribution is -0.0317. The quantitative estimate of drug-likeness (QED) is 0.528. The number of hydrogen-bond donors (Lipinski definition) is 1. The Labute approximate surface area is 165 Å². The van der Waals surface area contributed by atoms with Crippen LogP contribution in [0.4, 0.5) is 4.79 Å². The molecular formula is C15H26N4O7SSi. The van der Waals surface area contributed by atoms with Crippen LogP contribution in [-0.2, 0) is 25.7 Å². The van der Waals surface area contributed by atoms with E-state index >= 15 is 0 Å². The lowest BCUT2D eigenvalue weighted by Crippen LogP contribution is -2.40. The SMILES string of the molecule is CC(C)(C)[Si](C)(C)OCc1nnc([C@@H]2CC[C@@H]3CN2C(=O)N3OS(=O)(=O)O)o1. The van der Waals surface area contributed by atoms with Crippen molar-refractivity contribution in [2.45, 2.75) is 70.4 Å². The van der Waals surface area contributed by atoms with Gasteiger partial charge in [0, 0.05) is 6.54 Å². The van der Waals surface area contributed by atoms with Gasteiger partial charge in [-0.05, 0) is 31.0 Å². The zero-order chi connectivity index (χ0) is 20.9. The number of piperidine rings is 1. The fourth-order valence-corrected chi connectivity index (χ4v) is 4.31. The first-order valence-electron chi connectivity index (χ1n) is 9.01. The summed E-state index contributed by atoms with van der Waals surface area (Å²) in [6.07, 6.45) is 0.979. The summed E-state index contributed by atoms with van der Waals surface area (Å²) in [6, 6.07) is -1.61. The number of carbonyl (C=O) groups is 1. The standard InChI is InChI=1S/C15H26N4O7SSi/c1-15(2,3)28(4,5)24-9-12-16-17-13(25-12)11-7-6-10-8-18(11)14(20)19(10)26-27(21,22)23/h10-11H,6-9H2,1-5H3,(H,21,22,23)/t10-,11+/m1/s1. The number of carbonyl (C=O) groups excluding carboxylic acids is 1. The van der Waals surface area contributed by atoms with Gasteiger partial charge in [0.1, 0.15) is 12.6 Å². The normalized spacial score (nSPS) is 23.6. The van der Waals surface area contributed by atoms with Gasteiger partial charge in [-0.3, -0.25) is 4.55 Å². The number of amides is 2. The number of aromatic nitrogens is 2. The van der Waals surface area contributed by atoms with Crippen LogP contribution in [0.2, 0.25) is 18.1 Å². The summed E-state index contributed by atoms with van der Waals surface area (Å²) in [5.74, 6) is 0.606. The fraction of sp³-hybridized carbons (Fsp3) is 0.800. The van der Waals surface area contributed by atoms with Crippen molar-refractivity contribution in [3.8, 4) is 0 Å². The molecule has 0 aliphatic carbocycles. The average Bonchev–Trinajstić information content (AvgIpc) is 3.11. The molecule has 2 atom stereocenters. The molecule has 2 fully saturated rings. The van der Waals surface area contributed by atoms with Gasteiger partial charge < -0.3 is 13.7 Å². The predicted octanol–water partition coefficient (Wildman–Crippen LogP) is 2.27. The van der Waals surface area contributed by atoms with E-state index < -0.39 is 36.8 Å². The number of nitrogens with zero attached hydrogens (tertiary/aromatic N) is 4. The third-order valence-electron chi connectivity index (χ3n) is 5.63. The largest absolute Gasteiger partial charge is 0.421 e. The number of urea groups is 1. The summed E-state index contributed by atoms with van der Waals surface area (Å²) in [5, 5.41) is 8.81. The van der Waals surface area contributed by atoms with Crippen LogP contribution < -0.4 is 0 Å². The Morgan fingerprint density at radius 1 is 1.29 bits per heavy atom. The summed E-state index contributed by atoms with van der Waals surface area (Å²) in [5.41, 5.74) is 0. The van der Waals surface area contributed by atoms with Crippen LogP contribution in [0, 0.1) is 0 Å². The van der Waals surface area contributed by atoms with E-state index in [2.05, 4.69) is 48.3 Å². The van der Waals surface area contributed by atoms with Crippen molar-refractivity contribution >= 4 is 24.7 Å². The molecule has 2 bridgehead atoms. The summed E-state index contributed by atoms with van der Waals surface area (Å²) < 4.78 is 47.0. The molecule has 2 amide bonds. The van der Waals surface area contributed by atoms with Gasteiger partial charge in [0.25, 0.3) is 0 Å². The molecule has 1 aromatic heterocycles. The Morgan fingerprint density at radius 3 is 2.57 bits per heavy atom. The maximum atomic E-state index is 12.5. The van der Waals surface area contributed by atoms with Crippen molar-refractivity contribution < 1.29 is 30.9 Å². The van der Waals surface area contributed by atoms with Crippen molar-refractivity contribution in [2.75, 3.05) is 6.54 Å². The zero-order valence-electron chi connectivity index (χ0n) is 16.6. The summed E-state index contributed by atoms with van der Waals surface area (Å²) in [7, 11) is -6.75. The summed E-state index contributed by atoms with van der Waals surface area (Å²) >= 11 is 0. The molecule has 3 heterocycles. The van der Waals surface area contributed by atoms with Gasteiger partial charge in [-0.2, -0.15) is 13.5 Å². The molecule has 2 saturated heterocycles. The number of fused-ring (bicyclic) bond motifs is 2. The van der Waals surface area contributed by atoms with E-state index in [1.54, 1.807) is 0 Å². The van der Waals surface area contributed by atoms with Crippen molar-refractivity contribution in [1.29, 1.82) is 0 Å². The molecule has 0 spiro atoms. The van der Waals surface area contributed by atoms with Crippen LogP contribution in [0.5, 0.6) is 0 Å². The Morgan fingerprint density at radius 2 is 1.96 bits per heavy atom. The number of hydroxylamine groups is 2. The van der Waals surface area contributed by atoms with Crippen molar-refractivity contribution in [3.05, 3.63) is 11.8 Å². The molecule has 3 rings (SSSR count). The van der Waals surface area contributed by atoms with Crippen LogP contribution in [0.3, 0.4) is 0 Å². The molecule has 2 aliphatic heterocycles. The maximum absolute atomic E-state index is 12.5. The second-order valence-electron chi connectivity index (χ2n) is 8.59. The van der Waals surface area contributed by atoms with Crippen LogP contribution in [0.25, 0.3) is 0 Å². The smallest absolute Gasteiger partial charge is 0.418 e. The molecule has 158 valence electrons. The molecule has 0 radical (unpaired) electrons. The van der Waals surface area contributed by atoms with Crippen LogP contribution in [-0.4, -0.2) is 60.1 Å². The van der Waals surface area contributed by atoms with E-state index in [1.165, 1.54) is 4.90 Å². The molecular weight excluding hydrogens is 408 g/mol. The van der Waals surface area contributed by atoms with Crippen molar-refractivity contribution in [1.82, 2.24) is 20.2 Å². The molecule has 0 unspecified atom stereocenters. The number of rotatable bonds is 6. The van der Waals surface area contributed by atoms with E-state index in [1.807, 2.05) is 0 Å². The van der Waals surface area contributed by atoms with Gasteiger partial charge in [-0.15, -0.1) is 14.5 Å². The van der Waals surface area contributed by atoms with Crippen LogP contribution in [0.15, 0.2) is 4.42 Å². The molecule has 1 aromatic rings. The van der Waals surface area contributed by atoms with Gasteiger partial charge in [-0.25, -0.2) is 4.79 Å². The summed E-state index contributed by atoms with van der Waals surface area (Å²) in [6.45, 7) is 11.1. The second kappa shape index (κ2) is 7.06. The van der Waals surface area contributed by atoms with Gasteiger partial charge in [-0.1, -0.05) is 20.8 Å². The van der Waals surface area contributed by atoms with E-state index in [0.29, 0.717) is 23.8 Å². The maximum Gasteiger partial charge on any atom is 0.418 e. The zero-order valence-corrected chi connectivity index (χ0v) is 18.4. The molecule has 28 heavy (non-hydrogen) atoms. The minimum Gasteiger partial charge on any atom is -0.421 e. The van der Waals surface area contributed by atoms with E-state index in [0.717, 1.165) is 0 Å². The molecule has 13 heteroatoms. The predicted molar refractivity (Wildman–Crippen MR) is 98.6 cm³/mol. The highest BCUT2D eigenvalue weighted by Crippen LogP contribution is 2.39. The molecule has 0 saturated carbocycles. The highest BCUT2D eigenvalue weighted by atomic mass is 32.3. The molecule has 11 nitrogen and oxygen atoms in total.